The second-order valence-corrected chi connectivity index (χ2v) is 6.00. The maximum atomic E-state index is 2.22. The number of hydrogen-bond donors (Lipinski definition) is 0. The van der Waals surface area contributed by atoms with Gasteiger partial charge in [0.1, 0.15) is 0 Å². The van der Waals surface area contributed by atoms with Gasteiger partial charge >= 0.3 is 41.8 Å². The Labute approximate surface area is 42.5 Å². The van der Waals surface area contributed by atoms with Crippen LogP contribution in [0.2, 0.25) is 4.20 Å². The topological polar surface area (TPSA) is 0 Å². The first-order valence-electron chi connectivity index (χ1n) is 1.79. The van der Waals surface area contributed by atoms with Crippen molar-refractivity contribution in [2.24, 2.45) is 0 Å². The molecule has 0 amide bonds. The molecule has 0 nitrogen and oxygen atoms in total. The fourth-order valence-electron chi connectivity index (χ4n) is 0. The van der Waals surface area contributed by atoms with E-state index >= 15 is 0 Å². The minimum atomic E-state index is 0.562. The van der Waals surface area contributed by atoms with Crippen molar-refractivity contribution in [1.29, 1.82) is 0 Å². The van der Waals surface area contributed by atoms with E-state index in [1.165, 1.54) is 0 Å². The molecule has 0 aliphatic rings. The first-order valence-corrected chi connectivity index (χ1v) is 3.00. The van der Waals surface area contributed by atoms with Gasteiger partial charge in [0.2, 0.25) is 0 Å². The van der Waals surface area contributed by atoms with Gasteiger partial charge in [-0.2, -0.15) is 0 Å². The van der Waals surface area contributed by atoms with Gasteiger partial charge in [-0.1, -0.05) is 0 Å². The Morgan fingerprint density at radius 2 is 1.20 bits per heavy atom. The first-order chi connectivity index (χ1) is 2.00. The van der Waals surface area contributed by atoms with E-state index in [0.29, 0.717) is 4.20 Å². The van der Waals surface area contributed by atoms with E-state index in [1.807, 2.05) is 0 Å². The molecule has 0 saturated carbocycles. The van der Waals surface area contributed by atoms with Crippen molar-refractivity contribution in [3.05, 3.63) is 0 Å². The molecular formula is C4H11As. The van der Waals surface area contributed by atoms with Crippen LogP contribution in [0.5, 0.6) is 0 Å². The van der Waals surface area contributed by atoms with E-state index in [9.17, 15) is 0 Å². The van der Waals surface area contributed by atoms with Crippen LogP contribution in [0.1, 0.15) is 20.8 Å². The van der Waals surface area contributed by atoms with Gasteiger partial charge in [0, 0.05) is 0 Å². The van der Waals surface area contributed by atoms with Crippen LogP contribution in [-0.4, -0.2) is 16.9 Å². The molecule has 0 saturated heterocycles. The van der Waals surface area contributed by atoms with E-state index in [-0.39, 0.29) is 0 Å². The summed E-state index contributed by atoms with van der Waals surface area (Å²) in [6, 6.07) is 0. The molecule has 0 fully saturated rings. The van der Waals surface area contributed by atoms with Crippen LogP contribution in [-0.2, 0) is 0 Å². The molecule has 0 bridgehead atoms. The van der Waals surface area contributed by atoms with Gasteiger partial charge in [0.25, 0.3) is 0 Å². The molecule has 5 heavy (non-hydrogen) atoms. The van der Waals surface area contributed by atoms with E-state index in [1.54, 1.807) is 16.9 Å². The van der Waals surface area contributed by atoms with Crippen molar-refractivity contribution < 1.29 is 0 Å². The van der Waals surface area contributed by atoms with Gasteiger partial charge in [-0.25, -0.2) is 0 Å². The zero-order chi connectivity index (χ0) is 4.50. The Hall–Kier alpha value is 0.558. The first kappa shape index (κ1) is 5.56. The van der Waals surface area contributed by atoms with Crippen molar-refractivity contribution in [2.75, 3.05) is 0 Å². The van der Waals surface area contributed by atoms with Gasteiger partial charge < -0.3 is 0 Å². The number of rotatable bonds is 0. The van der Waals surface area contributed by atoms with E-state index in [2.05, 4.69) is 20.8 Å². The van der Waals surface area contributed by atoms with Crippen LogP contribution in [0.25, 0.3) is 0 Å². The zero-order valence-corrected chi connectivity index (χ0v) is 6.50. The van der Waals surface area contributed by atoms with Crippen LogP contribution in [0, 0.1) is 0 Å². The van der Waals surface area contributed by atoms with Gasteiger partial charge in [0.05, 0.1) is 0 Å². The van der Waals surface area contributed by atoms with Crippen LogP contribution in [0.4, 0.5) is 0 Å². The molecule has 0 rings (SSSR count). The van der Waals surface area contributed by atoms with Gasteiger partial charge in [-0.15, -0.1) is 0 Å². The predicted molar refractivity (Wildman–Crippen MR) is 28.3 cm³/mol. The average molecular weight is 134 g/mol. The summed E-state index contributed by atoms with van der Waals surface area (Å²) in [5.41, 5.74) is 0. The third-order valence-corrected chi connectivity index (χ3v) is 0. The van der Waals surface area contributed by atoms with Crippen molar-refractivity contribution >= 4 is 16.9 Å². The molecule has 0 aliphatic carbocycles. The molecule has 0 aromatic heterocycles. The average Bonchev–Trinajstić information content (AvgIpc) is 0.722. The molecule has 1 atom stereocenters. The second-order valence-electron chi connectivity index (χ2n) is 2.37. The Morgan fingerprint density at radius 3 is 1.20 bits per heavy atom. The summed E-state index contributed by atoms with van der Waals surface area (Å²) in [5.74, 6) is 0. The fourth-order valence-corrected chi connectivity index (χ4v) is 0. The Morgan fingerprint density at radius 1 is 1.20 bits per heavy atom. The van der Waals surface area contributed by atoms with Crippen LogP contribution < -0.4 is 0 Å². The molecular weight excluding hydrogens is 123 g/mol. The van der Waals surface area contributed by atoms with E-state index in [4.69, 9.17) is 0 Å². The zero-order valence-electron chi connectivity index (χ0n) is 4.08. The van der Waals surface area contributed by atoms with Gasteiger partial charge in [-0.05, 0) is 0 Å². The molecule has 1 unspecified atom stereocenters. The third kappa shape index (κ3) is 95.7. The van der Waals surface area contributed by atoms with Crippen molar-refractivity contribution in [1.82, 2.24) is 0 Å². The van der Waals surface area contributed by atoms with Crippen LogP contribution >= 0.6 is 0 Å². The minimum absolute atomic E-state index is 0.562. The normalized spacial score (nSPS) is 12.0. The molecule has 1 heteroatoms. The molecule has 0 spiro atoms. The molecule has 32 valence electrons. The van der Waals surface area contributed by atoms with E-state index < -0.39 is 0 Å². The summed E-state index contributed by atoms with van der Waals surface area (Å²) in [5, 5.41) is 0. The summed E-state index contributed by atoms with van der Waals surface area (Å²) in [6.45, 7) is 6.65. The summed E-state index contributed by atoms with van der Waals surface area (Å²) >= 11 is 1.79. The molecule has 0 radical (unpaired) electrons. The number of hydrogen-bond acceptors (Lipinski definition) is 0. The second kappa shape index (κ2) is 1.34. The summed E-state index contributed by atoms with van der Waals surface area (Å²) in [6.07, 6.45) is 0. The van der Waals surface area contributed by atoms with Crippen LogP contribution in [0.3, 0.4) is 0 Å². The molecule has 0 aliphatic heterocycles. The Balaban J connectivity index is 3.02. The molecule has 0 heterocycles. The van der Waals surface area contributed by atoms with Crippen molar-refractivity contribution in [2.45, 2.75) is 25.0 Å². The molecule has 0 N–H and O–H groups in total. The quantitative estimate of drug-likeness (QED) is 0.430. The van der Waals surface area contributed by atoms with E-state index in [0.717, 1.165) is 0 Å². The van der Waals surface area contributed by atoms with Crippen molar-refractivity contribution in [3.63, 3.8) is 0 Å². The monoisotopic (exact) mass is 134 g/mol. The summed E-state index contributed by atoms with van der Waals surface area (Å²) in [4.78, 5) is 0. The SMILES string of the molecule is CC(C)(C)[AsH2]. The standard InChI is InChI=1S/C4H11As/c1-4(2,3)5/h5H2,1-3H3. The van der Waals surface area contributed by atoms with Crippen molar-refractivity contribution in [3.8, 4) is 0 Å². The summed E-state index contributed by atoms with van der Waals surface area (Å²) < 4.78 is 0.562. The maximum absolute atomic E-state index is 2.22. The molecule has 0 aromatic rings. The molecule has 0 aromatic carbocycles. The summed E-state index contributed by atoms with van der Waals surface area (Å²) in [7, 11) is 0. The Bertz CT molecular complexity index is 19.1. The Kier molecular flexibility index (Phi) is 1.49. The third-order valence-electron chi connectivity index (χ3n) is 0. The van der Waals surface area contributed by atoms with Gasteiger partial charge in [0.15, 0.2) is 0 Å². The predicted octanol–water partition coefficient (Wildman–Crippen LogP) is 0.838. The van der Waals surface area contributed by atoms with Gasteiger partial charge in [-0.3, -0.25) is 0 Å². The fraction of sp³-hybridized carbons (Fsp3) is 1.00. The van der Waals surface area contributed by atoms with Crippen LogP contribution in [0.15, 0.2) is 0 Å².